The second-order valence-corrected chi connectivity index (χ2v) is 11.5. The SMILES string of the molecule is CC1CN(c2ncccc2C(=O)NS(=O)(=O)c2cccc(OCc3ccc4c(c3)OCO4)n2)C(C)(C)C1. The molecule has 37 heavy (non-hydrogen) atoms. The van der Waals surface area contributed by atoms with Gasteiger partial charge in [-0.2, -0.15) is 13.4 Å². The minimum absolute atomic E-state index is 0.0999. The van der Waals surface area contributed by atoms with Crippen molar-refractivity contribution in [2.24, 2.45) is 5.92 Å². The van der Waals surface area contributed by atoms with Gasteiger partial charge in [-0.3, -0.25) is 4.79 Å². The van der Waals surface area contributed by atoms with Gasteiger partial charge in [0.05, 0.1) is 5.56 Å². The Morgan fingerprint density at radius 2 is 1.97 bits per heavy atom. The quantitative estimate of drug-likeness (QED) is 0.495. The van der Waals surface area contributed by atoms with Crippen LogP contribution in [0.2, 0.25) is 0 Å². The van der Waals surface area contributed by atoms with E-state index in [1.54, 1.807) is 36.5 Å². The van der Waals surface area contributed by atoms with Crippen molar-refractivity contribution in [1.82, 2.24) is 14.7 Å². The number of nitrogens with one attached hydrogen (secondary N) is 1. The van der Waals surface area contributed by atoms with E-state index in [1.807, 2.05) is 6.07 Å². The average molecular weight is 525 g/mol. The molecular weight excluding hydrogens is 496 g/mol. The lowest BCUT2D eigenvalue weighted by atomic mass is 9.97. The molecule has 1 aromatic carbocycles. The number of amides is 1. The fourth-order valence-electron chi connectivity index (χ4n) is 4.79. The lowest BCUT2D eigenvalue weighted by molar-refractivity contribution is 0.0981. The molecule has 3 aromatic rings. The Morgan fingerprint density at radius 1 is 1.16 bits per heavy atom. The summed E-state index contributed by atoms with van der Waals surface area (Å²) in [6.45, 7) is 7.35. The third-order valence-corrected chi connectivity index (χ3v) is 7.62. The number of carbonyl (C=O) groups is 1. The summed E-state index contributed by atoms with van der Waals surface area (Å²) >= 11 is 0. The van der Waals surface area contributed by atoms with Crippen LogP contribution in [0, 0.1) is 5.92 Å². The normalized spacial score (nSPS) is 18.0. The number of nitrogens with zero attached hydrogens (tertiary/aromatic N) is 3. The highest BCUT2D eigenvalue weighted by atomic mass is 32.2. The minimum Gasteiger partial charge on any atom is -0.473 e. The van der Waals surface area contributed by atoms with Gasteiger partial charge in [0.2, 0.25) is 12.7 Å². The topological polar surface area (TPSA) is 120 Å². The molecule has 0 aliphatic carbocycles. The Morgan fingerprint density at radius 3 is 2.76 bits per heavy atom. The standard InChI is InChI=1S/C26H28N4O6S/c1-17-13-26(2,3)30(14-17)24-19(6-5-11-27-24)25(31)29-37(32,33)23-8-4-7-22(28-23)34-15-18-9-10-20-21(12-18)36-16-35-20/h4-12,17H,13-16H2,1-3H3,(H,29,31). The van der Waals surface area contributed by atoms with Crippen LogP contribution in [0.4, 0.5) is 5.82 Å². The van der Waals surface area contributed by atoms with E-state index >= 15 is 0 Å². The maximum Gasteiger partial charge on any atom is 0.281 e. The number of hydrogen-bond acceptors (Lipinski definition) is 9. The summed E-state index contributed by atoms with van der Waals surface area (Å²) in [4.78, 5) is 23.7. The summed E-state index contributed by atoms with van der Waals surface area (Å²) < 4.78 is 44.6. The zero-order chi connectivity index (χ0) is 26.2. The zero-order valence-electron chi connectivity index (χ0n) is 20.8. The number of hydrogen-bond donors (Lipinski definition) is 1. The number of sulfonamides is 1. The summed E-state index contributed by atoms with van der Waals surface area (Å²) in [6, 6.07) is 12.9. The van der Waals surface area contributed by atoms with Crippen LogP contribution >= 0.6 is 0 Å². The molecule has 2 aromatic heterocycles. The highest BCUT2D eigenvalue weighted by molar-refractivity contribution is 7.90. The highest BCUT2D eigenvalue weighted by Crippen LogP contribution is 2.37. The Bertz CT molecular complexity index is 1440. The number of rotatable bonds is 7. The van der Waals surface area contributed by atoms with E-state index in [4.69, 9.17) is 14.2 Å². The summed E-state index contributed by atoms with van der Waals surface area (Å²) in [5.74, 6) is 1.48. The summed E-state index contributed by atoms with van der Waals surface area (Å²) in [5.41, 5.74) is 0.770. The molecule has 194 valence electrons. The molecule has 1 fully saturated rings. The second-order valence-electron chi connectivity index (χ2n) is 9.83. The van der Waals surface area contributed by atoms with E-state index < -0.39 is 15.9 Å². The molecule has 5 rings (SSSR count). The predicted octanol–water partition coefficient (Wildman–Crippen LogP) is 3.53. The molecule has 10 nitrogen and oxygen atoms in total. The molecule has 0 saturated carbocycles. The molecular formula is C26H28N4O6S. The average Bonchev–Trinajstić information content (AvgIpc) is 3.44. The minimum atomic E-state index is -4.27. The van der Waals surface area contributed by atoms with Gasteiger partial charge in [0.1, 0.15) is 12.4 Å². The molecule has 4 heterocycles. The summed E-state index contributed by atoms with van der Waals surface area (Å²) in [6.07, 6.45) is 2.54. The fraction of sp³-hybridized carbons (Fsp3) is 0.346. The van der Waals surface area contributed by atoms with Gasteiger partial charge in [0.25, 0.3) is 15.9 Å². The van der Waals surface area contributed by atoms with Crippen molar-refractivity contribution in [2.45, 2.75) is 44.4 Å². The van der Waals surface area contributed by atoms with Gasteiger partial charge >= 0.3 is 0 Å². The first-order valence-electron chi connectivity index (χ1n) is 11.9. The predicted molar refractivity (Wildman–Crippen MR) is 135 cm³/mol. The van der Waals surface area contributed by atoms with Crippen molar-refractivity contribution in [1.29, 1.82) is 0 Å². The Hall–Kier alpha value is -3.86. The monoisotopic (exact) mass is 524 g/mol. The van der Waals surface area contributed by atoms with Gasteiger partial charge in [0, 0.05) is 24.3 Å². The van der Waals surface area contributed by atoms with Crippen molar-refractivity contribution < 1.29 is 27.4 Å². The number of pyridine rings is 2. The number of anilines is 1. The Labute approximate surface area is 215 Å². The largest absolute Gasteiger partial charge is 0.473 e. The van der Waals surface area contributed by atoms with Gasteiger partial charge in [-0.15, -0.1) is 0 Å². The maximum absolute atomic E-state index is 13.2. The molecule has 1 N–H and O–H groups in total. The zero-order valence-corrected chi connectivity index (χ0v) is 21.6. The first-order chi connectivity index (χ1) is 17.6. The first-order valence-corrected chi connectivity index (χ1v) is 13.4. The number of carbonyl (C=O) groups excluding carboxylic acids is 1. The molecule has 1 atom stereocenters. The highest BCUT2D eigenvalue weighted by Gasteiger charge is 2.39. The van der Waals surface area contributed by atoms with E-state index in [0.29, 0.717) is 23.2 Å². The molecule has 0 radical (unpaired) electrons. The van der Waals surface area contributed by atoms with Crippen LogP contribution in [0.5, 0.6) is 17.4 Å². The Kier molecular flexibility index (Phi) is 6.40. The third-order valence-electron chi connectivity index (χ3n) is 6.38. The van der Waals surface area contributed by atoms with Crippen molar-refractivity contribution in [3.63, 3.8) is 0 Å². The summed E-state index contributed by atoms with van der Waals surface area (Å²) in [7, 11) is -4.27. The van der Waals surface area contributed by atoms with E-state index in [2.05, 4.69) is 40.4 Å². The number of fused-ring (bicyclic) bond motifs is 1. The smallest absolute Gasteiger partial charge is 0.281 e. The van der Waals surface area contributed by atoms with Crippen molar-refractivity contribution >= 4 is 21.7 Å². The van der Waals surface area contributed by atoms with Crippen LogP contribution in [0.25, 0.3) is 0 Å². The van der Waals surface area contributed by atoms with Gasteiger partial charge in [0.15, 0.2) is 16.5 Å². The lowest BCUT2D eigenvalue weighted by Crippen LogP contribution is -2.41. The van der Waals surface area contributed by atoms with Gasteiger partial charge < -0.3 is 19.1 Å². The van der Waals surface area contributed by atoms with Crippen LogP contribution in [-0.4, -0.2) is 43.2 Å². The number of ether oxygens (including phenoxy) is 3. The molecule has 1 unspecified atom stereocenters. The van der Waals surface area contributed by atoms with Gasteiger partial charge in [-0.05, 0) is 62.1 Å². The van der Waals surface area contributed by atoms with E-state index in [0.717, 1.165) is 18.5 Å². The second kappa shape index (κ2) is 9.55. The third kappa shape index (κ3) is 5.17. The van der Waals surface area contributed by atoms with Crippen molar-refractivity contribution in [2.75, 3.05) is 18.2 Å². The van der Waals surface area contributed by atoms with Crippen LogP contribution in [-0.2, 0) is 16.6 Å². The number of benzene rings is 1. The molecule has 0 bridgehead atoms. The van der Waals surface area contributed by atoms with E-state index in [-0.39, 0.29) is 35.4 Å². The molecule has 11 heteroatoms. The van der Waals surface area contributed by atoms with Crippen molar-refractivity contribution in [3.05, 3.63) is 65.9 Å². The number of aromatic nitrogens is 2. The van der Waals surface area contributed by atoms with Crippen LogP contribution in [0.15, 0.2) is 59.8 Å². The molecule has 1 saturated heterocycles. The molecule has 1 amide bonds. The maximum atomic E-state index is 13.2. The summed E-state index contributed by atoms with van der Waals surface area (Å²) in [5, 5.41) is -0.329. The first kappa shape index (κ1) is 24.8. The molecule has 0 spiro atoms. The lowest BCUT2D eigenvalue weighted by Gasteiger charge is -2.33. The van der Waals surface area contributed by atoms with Crippen molar-refractivity contribution in [3.8, 4) is 17.4 Å². The van der Waals surface area contributed by atoms with Crippen LogP contribution in [0.3, 0.4) is 0 Å². The van der Waals surface area contributed by atoms with Crippen LogP contribution in [0.1, 0.15) is 43.1 Å². The molecule has 2 aliphatic heterocycles. The van der Waals surface area contributed by atoms with Crippen LogP contribution < -0.4 is 23.8 Å². The Balaban J connectivity index is 1.31. The molecule has 2 aliphatic rings. The van der Waals surface area contributed by atoms with E-state index in [9.17, 15) is 13.2 Å². The van der Waals surface area contributed by atoms with E-state index in [1.165, 1.54) is 12.1 Å². The fourth-order valence-corrected chi connectivity index (χ4v) is 5.72. The van der Waals surface area contributed by atoms with Gasteiger partial charge in [-0.1, -0.05) is 19.1 Å². The van der Waals surface area contributed by atoms with Gasteiger partial charge in [-0.25, -0.2) is 9.71 Å².